The van der Waals surface area contributed by atoms with Crippen LogP contribution < -0.4 is 20.1 Å². The highest BCUT2D eigenvalue weighted by atomic mass is 19.4. The minimum Gasteiger partial charge on any atom is -0.497 e. The molecule has 2 aromatic carbocycles. The van der Waals surface area contributed by atoms with Crippen molar-refractivity contribution in [1.29, 1.82) is 0 Å². The average Bonchev–Trinajstić information content (AvgIpc) is 2.70. The van der Waals surface area contributed by atoms with Crippen molar-refractivity contribution in [3.05, 3.63) is 65.7 Å². The van der Waals surface area contributed by atoms with Crippen molar-refractivity contribution in [2.45, 2.75) is 25.9 Å². The molecule has 2 rings (SSSR count). The molecule has 0 radical (unpaired) electrons. The van der Waals surface area contributed by atoms with E-state index in [1.807, 2.05) is 0 Å². The number of rotatable bonds is 8. The van der Waals surface area contributed by atoms with Gasteiger partial charge < -0.3 is 20.1 Å². The molecule has 0 aliphatic rings. The van der Waals surface area contributed by atoms with Gasteiger partial charge in [-0.2, -0.15) is 0 Å². The lowest BCUT2D eigenvalue weighted by molar-refractivity contribution is -0.274. The number of benzene rings is 2. The van der Waals surface area contributed by atoms with Crippen LogP contribution in [-0.4, -0.2) is 31.3 Å². The smallest absolute Gasteiger partial charge is 0.497 e. The number of amides is 2. The highest BCUT2D eigenvalue weighted by Gasteiger charge is 2.32. The number of carbonyl (C=O) groups excluding carboxylic acids is 2. The highest BCUT2D eigenvalue weighted by Crippen LogP contribution is 2.26. The molecule has 0 saturated carbocycles. The number of methoxy groups -OCH3 is 1. The predicted octanol–water partition coefficient (Wildman–Crippen LogP) is 3.43. The van der Waals surface area contributed by atoms with Gasteiger partial charge in [0.25, 0.3) is 0 Å². The Kier molecular flexibility index (Phi) is 7.85. The summed E-state index contributed by atoms with van der Waals surface area (Å²) in [5.74, 6) is -0.759. The van der Waals surface area contributed by atoms with Gasteiger partial charge in [0.05, 0.1) is 7.11 Å². The maximum absolute atomic E-state index is 12.5. The first-order valence-electron chi connectivity index (χ1n) is 8.92. The van der Waals surface area contributed by atoms with Crippen LogP contribution in [0, 0.1) is 0 Å². The van der Waals surface area contributed by atoms with Crippen LogP contribution in [-0.2, 0) is 16.1 Å². The Labute approximate surface area is 171 Å². The second kappa shape index (κ2) is 10.3. The number of hydrogen-bond donors (Lipinski definition) is 2. The lowest BCUT2D eigenvalue weighted by Crippen LogP contribution is -2.44. The SMILES string of the molecule is COc1ccc(/C=C/C(=O)NC(C)C(=O)NCc2ccccc2OC(F)(F)F)cc1. The van der Waals surface area contributed by atoms with Crippen molar-refractivity contribution in [2.75, 3.05) is 7.11 Å². The van der Waals surface area contributed by atoms with Gasteiger partial charge in [-0.05, 0) is 36.8 Å². The summed E-state index contributed by atoms with van der Waals surface area (Å²) < 4.78 is 46.4. The highest BCUT2D eigenvalue weighted by molar-refractivity contribution is 5.95. The maximum atomic E-state index is 12.5. The lowest BCUT2D eigenvalue weighted by Gasteiger charge is -2.16. The standard InChI is InChI=1S/C21H21F3N2O4/c1-14(26-19(27)12-9-15-7-10-17(29-2)11-8-15)20(28)25-13-16-5-3-4-6-18(16)30-21(22,23)24/h3-12,14H,13H2,1-2H3,(H,25,28)(H,26,27)/b12-9+. The zero-order valence-electron chi connectivity index (χ0n) is 16.3. The van der Waals surface area contributed by atoms with Crippen molar-refractivity contribution < 1.29 is 32.2 Å². The number of nitrogens with one attached hydrogen (secondary N) is 2. The van der Waals surface area contributed by atoms with Crippen LogP contribution >= 0.6 is 0 Å². The second-order valence-corrected chi connectivity index (χ2v) is 6.21. The topological polar surface area (TPSA) is 76.7 Å². The molecule has 160 valence electrons. The molecule has 9 heteroatoms. The van der Waals surface area contributed by atoms with Gasteiger partial charge in [0.15, 0.2) is 0 Å². The van der Waals surface area contributed by atoms with Gasteiger partial charge in [-0.15, -0.1) is 13.2 Å². The normalized spacial score (nSPS) is 12.3. The zero-order chi connectivity index (χ0) is 22.1. The molecule has 0 saturated heterocycles. The monoisotopic (exact) mass is 422 g/mol. The Hall–Kier alpha value is -3.49. The fourth-order valence-electron chi connectivity index (χ4n) is 2.42. The summed E-state index contributed by atoms with van der Waals surface area (Å²) in [6, 6.07) is 11.6. The van der Waals surface area contributed by atoms with Gasteiger partial charge in [-0.1, -0.05) is 30.3 Å². The Bertz CT molecular complexity index is 896. The summed E-state index contributed by atoms with van der Waals surface area (Å²) in [7, 11) is 1.55. The first kappa shape index (κ1) is 22.8. The third-order valence-electron chi connectivity index (χ3n) is 3.95. The molecule has 2 aromatic rings. The van der Waals surface area contributed by atoms with E-state index in [0.717, 1.165) is 11.6 Å². The molecular weight excluding hydrogens is 401 g/mol. The number of halogens is 3. The van der Waals surface area contributed by atoms with Crippen molar-refractivity contribution in [3.63, 3.8) is 0 Å². The van der Waals surface area contributed by atoms with Gasteiger partial charge in [-0.25, -0.2) is 0 Å². The Morgan fingerprint density at radius 1 is 1.10 bits per heavy atom. The average molecular weight is 422 g/mol. The minimum absolute atomic E-state index is 0.154. The van der Waals surface area contributed by atoms with Crippen LogP contribution in [0.4, 0.5) is 13.2 Å². The molecule has 2 N–H and O–H groups in total. The van der Waals surface area contributed by atoms with Crippen LogP contribution in [0.25, 0.3) is 6.08 Å². The van der Waals surface area contributed by atoms with Gasteiger partial charge >= 0.3 is 6.36 Å². The maximum Gasteiger partial charge on any atom is 0.573 e. The number of para-hydroxylation sites is 1. The van der Waals surface area contributed by atoms with Crippen LogP contribution in [0.3, 0.4) is 0 Å². The fourth-order valence-corrected chi connectivity index (χ4v) is 2.42. The summed E-state index contributed by atoms with van der Waals surface area (Å²) in [5, 5.41) is 4.97. The van der Waals surface area contributed by atoms with E-state index in [1.54, 1.807) is 37.5 Å². The van der Waals surface area contributed by atoms with Crippen molar-refractivity contribution in [1.82, 2.24) is 10.6 Å². The molecule has 0 aromatic heterocycles. The van der Waals surface area contributed by atoms with E-state index in [0.29, 0.717) is 5.75 Å². The molecule has 0 aliphatic heterocycles. The number of carbonyl (C=O) groups is 2. The zero-order valence-corrected chi connectivity index (χ0v) is 16.3. The molecule has 0 bridgehead atoms. The van der Waals surface area contributed by atoms with E-state index in [-0.39, 0.29) is 12.1 Å². The molecule has 0 heterocycles. The largest absolute Gasteiger partial charge is 0.573 e. The Morgan fingerprint density at radius 2 is 1.77 bits per heavy atom. The molecule has 1 atom stereocenters. The third kappa shape index (κ3) is 7.50. The molecule has 0 aliphatic carbocycles. The van der Waals surface area contributed by atoms with Gasteiger partial charge in [0.2, 0.25) is 11.8 Å². The van der Waals surface area contributed by atoms with E-state index in [1.165, 1.54) is 31.2 Å². The van der Waals surface area contributed by atoms with E-state index in [4.69, 9.17) is 4.74 Å². The molecule has 1 unspecified atom stereocenters. The Morgan fingerprint density at radius 3 is 2.40 bits per heavy atom. The van der Waals surface area contributed by atoms with E-state index in [2.05, 4.69) is 15.4 Å². The second-order valence-electron chi connectivity index (χ2n) is 6.21. The lowest BCUT2D eigenvalue weighted by atomic mass is 10.2. The third-order valence-corrected chi connectivity index (χ3v) is 3.95. The number of ether oxygens (including phenoxy) is 2. The van der Waals surface area contributed by atoms with Crippen molar-refractivity contribution in [2.24, 2.45) is 0 Å². The Balaban J connectivity index is 1.87. The molecule has 6 nitrogen and oxygen atoms in total. The molecular formula is C21H21F3N2O4. The first-order valence-corrected chi connectivity index (χ1v) is 8.92. The van der Waals surface area contributed by atoms with Crippen LogP contribution in [0.15, 0.2) is 54.6 Å². The molecule has 2 amide bonds. The summed E-state index contributed by atoms with van der Waals surface area (Å²) in [6.07, 6.45) is -1.99. The molecule has 0 fully saturated rings. The summed E-state index contributed by atoms with van der Waals surface area (Å²) in [5.41, 5.74) is 0.922. The molecule has 30 heavy (non-hydrogen) atoms. The van der Waals surface area contributed by atoms with E-state index >= 15 is 0 Å². The summed E-state index contributed by atoms with van der Waals surface area (Å²) in [6.45, 7) is 1.28. The van der Waals surface area contributed by atoms with Crippen molar-refractivity contribution in [3.8, 4) is 11.5 Å². The quantitative estimate of drug-likeness (QED) is 0.639. The van der Waals surface area contributed by atoms with E-state index < -0.39 is 30.0 Å². The number of alkyl halides is 3. The van der Waals surface area contributed by atoms with E-state index in [9.17, 15) is 22.8 Å². The summed E-state index contributed by atoms with van der Waals surface area (Å²) in [4.78, 5) is 24.2. The van der Waals surface area contributed by atoms with Crippen LogP contribution in [0.2, 0.25) is 0 Å². The molecule has 0 spiro atoms. The fraction of sp³-hybridized carbons (Fsp3) is 0.238. The van der Waals surface area contributed by atoms with Crippen molar-refractivity contribution >= 4 is 17.9 Å². The number of hydrogen-bond acceptors (Lipinski definition) is 4. The van der Waals surface area contributed by atoms with Gasteiger partial charge in [0, 0.05) is 18.2 Å². The summed E-state index contributed by atoms with van der Waals surface area (Å²) >= 11 is 0. The van der Waals surface area contributed by atoms with Crippen LogP contribution in [0.1, 0.15) is 18.1 Å². The van der Waals surface area contributed by atoms with Gasteiger partial charge in [-0.3, -0.25) is 9.59 Å². The first-order chi connectivity index (χ1) is 14.2. The predicted molar refractivity (Wildman–Crippen MR) is 105 cm³/mol. The van der Waals surface area contributed by atoms with Gasteiger partial charge in [0.1, 0.15) is 17.5 Å². The minimum atomic E-state index is -4.84. The van der Waals surface area contributed by atoms with Crippen LogP contribution in [0.5, 0.6) is 11.5 Å².